The molecule has 0 heterocycles. The Morgan fingerprint density at radius 3 is 2.58 bits per heavy atom. The summed E-state index contributed by atoms with van der Waals surface area (Å²) >= 11 is 0. The van der Waals surface area contributed by atoms with Crippen molar-refractivity contribution in [3.8, 4) is 0 Å². The third-order valence-electron chi connectivity index (χ3n) is 1.53. The predicted molar refractivity (Wildman–Crippen MR) is 48.1 cm³/mol. The maximum atomic E-state index is 10.9. The average Bonchev–Trinajstić information content (AvgIpc) is 2.01. The lowest BCUT2D eigenvalue weighted by Gasteiger charge is -2.09. The van der Waals surface area contributed by atoms with Crippen LogP contribution < -0.4 is 22.5 Å². The van der Waals surface area contributed by atoms with E-state index < -0.39 is 0 Å². The quantitative estimate of drug-likeness (QED) is 0.367. The minimum Gasteiger partial charge on any atom is -0.344 e. The first-order chi connectivity index (χ1) is 5.70. The third kappa shape index (κ3) is 6.09. The molecule has 0 saturated heterocycles. The van der Waals surface area contributed by atoms with E-state index in [1.165, 1.54) is 0 Å². The molecule has 1 atom stereocenters. The summed E-state index contributed by atoms with van der Waals surface area (Å²) in [6.07, 6.45) is 1.97. The number of hydrogen-bond acceptors (Lipinski definition) is 4. The molecule has 5 heteroatoms. The number of carbonyl (C=O) groups is 1. The van der Waals surface area contributed by atoms with Crippen molar-refractivity contribution in [3.05, 3.63) is 0 Å². The molecule has 0 aliphatic carbocycles. The summed E-state index contributed by atoms with van der Waals surface area (Å²) in [5.41, 5.74) is 16.0. The molecule has 72 valence electrons. The van der Waals surface area contributed by atoms with Gasteiger partial charge in [-0.3, -0.25) is 4.79 Å². The van der Waals surface area contributed by atoms with Crippen LogP contribution in [0.5, 0.6) is 0 Å². The molecule has 0 radical (unpaired) electrons. The zero-order valence-corrected chi connectivity index (χ0v) is 7.25. The number of amides is 1. The summed E-state index contributed by atoms with van der Waals surface area (Å²) < 4.78 is 0. The summed E-state index contributed by atoms with van der Waals surface area (Å²) in [6.45, 7) is 0.786. The first-order valence-corrected chi connectivity index (χ1v) is 4.13. The topological polar surface area (TPSA) is 107 Å². The molecule has 0 aliphatic heterocycles. The SMILES string of the molecule is NCCCC(N)CC(=O)NCN. The van der Waals surface area contributed by atoms with Gasteiger partial charge in [0.05, 0.1) is 6.67 Å². The molecule has 0 bridgehead atoms. The second-order valence-electron chi connectivity index (χ2n) is 2.70. The van der Waals surface area contributed by atoms with Gasteiger partial charge in [-0.25, -0.2) is 0 Å². The molecule has 7 N–H and O–H groups in total. The van der Waals surface area contributed by atoms with Crippen molar-refractivity contribution in [2.75, 3.05) is 13.2 Å². The van der Waals surface area contributed by atoms with Crippen molar-refractivity contribution in [3.63, 3.8) is 0 Å². The molecule has 0 fully saturated rings. The van der Waals surface area contributed by atoms with Crippen LogP contribution in [0.15, 0.2) is 0 Å². The summed E-state index contributed by atoms with van der Waals surface area (Å²) in [5, 5.41) is 2.48. The molecule has 0 aromatic carbocycles. The maximum Gasteiger partial charge on any atom is 0.222 e. The molecule has 1 amide bonds. The van der Waals surface area contributed by atoms with E-state index in [1.807, 2.05) is 0 Å². The summed E-state index contributed by atoms with van der Waals surface area (Å²) in [6, 6.07) is -0.0971. The van der Waals surface area contributed by atoms with E-state index in [-0.39, 0.29) is 18.6 Å². The standard InChI is InChI=1S/C7H18N4O/c8-3-1-2-6(10)4-7(12)11-5-9/h6H,1-5,8-10H2,(H,11,12). The molecule has 5 nitrogen and oxygen atoms in total. The fraction of sp³-hybridized carbons (Fsp3) is 0.857. The van der Waals surface area contributed by atoms with Crippen LogP contribution in [0.25, 0.3) is 0 Å². The van der Waals surface area contributed by atoms with Gasteiger partial charge >= 0.3 is 0 Å². The van der Waals surface area contributed by atoms with Crippen molar-refractivity contribution < 1.29 is 4.79 Å². The Kier molecular flexibility index (Phi) is 6.64. The van der Waals surface area contributed by atoms with E-state index in [0.717, 1.165) is 12.8 Å². The Morgan fingerprint density at radius 1 is 1.42 bits per heavy atom. The smallest absolute Gasteiger partial charge is 0.222 e. The predicted octanol–water partition coefficient (Wildman–Crippen LogP) is -1.52. The van der Waals surface area contributed by atoms with Gasteiger partial charge in [-0.05, 0) is 19.4 Å². The van der Waals surface area contributed by atoms with Crippen molar-refractivity contribution in [2.24, 2.45) is 17.2 Å². The van der Waals surface area contributed by atoms with Gasteiger partial charge in [0.15, 0.2) is 0 Å². The van der Waals surface area contributed by atoms with Crippen LogP contribution in [0.1, 0.15) is 19.3 Å². The number of nitrogens with two attached hydrogens (primary N) is 3. The van der Waals surface area contributed by atoms with Crippen LogP contribution in [-0.4, -0.2) is 25.2 Å². The fourth-order valence-electron chi connectivity index (χ4n) is 0.906. The van der Waals surface area contributed by atoms with Crippen molar-refractivity contribution in [1.29, 1.82) is 0 Å². The van der Waals surface area contributed by atoms with Gasteiger partial charge in [-0.1, -0.05) is 0 Å². The monoisotopic (exact) mass is 174 g/mol. The minimum atomic E-state index is -0.0971. The second kappa shape index (κ2) is 7.02. The van der Waals surface area contributed by atoms with Crippen LogP contribution >= 0.6 is 0 Å². The average molecular weight is 174 g/mol. The molecule has 0 aliphatic rings. The van der Waals surface area contributed by atoms with Gasteiger partial charge in [0.2, 0.25) is 5.91 Å². The highest BCUT2D eigenvalue weighted by Crippen LogP contribution is 1.97. The minimum absolute atomic E-state index is 0.0954. The van der Waals surface area contributed by atoms with Crippen molar-refractivity contribution in [1.82, 2.24) is 5.32 Å². The maximum absolute atomic E-state index is 10.9. The van der Waals surface area contributed by atoms with Crippen LogP contribution in [0.3, 0.4) is 0 Å². The van der Waals surface area contributed by atoms with E-state index in [1.54, 1.807) is 0 Å². The van der Waals surface area contributed by atoms with Crippen molar-refractivity contribution >= 4 is 5.91 Å². The molecule has 0 rings (SSSR count). The highest BCUT2D eigenvalue weighted by Gasteiger charge is 2.07. The Bertz CT molecular complexity index is 129. The lowest BCUT2D eigenvalue weighted by Crippen LogP contribution is -2.34. The molecule has 0 aromatic rings. The highest BCUT2D eigenvalue weighted by molar-refractivity contribution is 5.76. The summed E-state index contributed by atoms with van der Waals surface area (Å²) in [5.74, 6) is -0.0954. The highest BCUT2D eigenvalue weighted by atomic mass is 16.1. The zero-order valence-electron chi connectivity index (χ0n) is 7.25. The zero-order chi connectivity index (χ0) is 9.40. The van der Waals surface area contributed by atoms with Gasteiger partial charge in [-0.2, -0.15) is 0 Å². The van der Waals surface area contributed by atoms with E-state index in [0.29, 0.717) is 13.0 Å². The van der Waals surface area contributed by atoms with Crippen molar-refractivity contribution in [2.45, 2.75) is 25.3 Å². The van der Waals surface area contributed by atoms with E-state index in [2.05, 4.69) is 5.32 Å². The lowest BCUT2D eigenvalue weighted by molar-refractivity contribution is -0.121. The molecule has 0 aromatic heterocycles. The number of nitrogens with one attached hydrogen (secondary N) is 1. The first-order valence-electron chi connectivity index (χ1n) is 4.13. The molecular formula is C7H18N4O. The number of hydrogen-bond donors (Lipinski definition) is 4. The third-order valence-corrected chi connectivity index (χ3v) is 1.53. The van der Waals surface area contributed by atoms with Crippen LogP contribution in [0, 0.1) is 0 Å². The number of carbonyl (C=O) groups excluding carboxylic acids is 1. The Labute approximate surface area is 72.7 Å². The second-order valence-corrected chi connectivity index (χ2v) is 2.70. The molecule has 0 spiro atoms. The van der Waals surface area contributed by atoms with Gasteiger partial charge in [0.1, 0.15) is 0 Å². The summed E-state index contributed by atoms with van der Waals surface area (Å²) in [4.78, 5) is 10.9. The van der Waals surface area contributed by atoms with Gasteiger partial charge in [0.25, 0.3) is 0 Å². The Hall–Kier alpha value is -0.650. The van der Waals surface area contributed by atoms with Gasteiger partial charge in [0, 0.05) is 12.5 Å². The molecule has 12 heavy (non-hydrogen) atoms. The van der Waals surface area contributed by atoms with E-state index >= 15 is 0 Å². The molecule has 0 saturated carbocycles. The van der Waals surface area contributed by atoms with Crippen LogP contribution in [-0.2, 0) is 4.79 Å². The lowest BCUT2D eigenvalue weighted by atomic mass is 10.1. The fourth-order valence-corrected chi connectivity index (χ4v) is 0.906. The molecule has 1 unspecified atom stereocenters. The Balaban J connectivity index is 3.40. The van der Waals surface area contributed by atoms with Crippen LogP contribution in [0.2, 0.25) is 0 Å². The summed E-state index contributed by atoms with van der Waals surface area (Å²) in [7, 11) is 0. The van der Waals surface area contributed by atoms with Gasteiger partial charge < -0.3 is 22.5 Å². The largest absolute Gasteiger partial charge is 0.344 e. The number of rotatable bonds is 6. The first kappa shape index (κ1) is 11.4. The van der Waals surface area contributed by atoms with Crippen LogP contribution in [0.4, 0.5) is 0 Å². The normalized spacial score (nSPS) is 12.6. The molecular weight excluding hydrogens is 156 g/mol. The van der Waals surface area contributed by atoms with Gasteiger partial charge in [-0.15, -0.1) is 0 Å². The Morgan fingerprint density at radius 2 is 2.08 bits per heavy atom. The van der Waals surface area contributed by atoms with E-state index in [9.17, 15) is 4.79 Å². The van der Waals surface area contributed by atoms with E-state index in [4.69, 9.17) is 17.2 Å².